The third kappa shape index (κ3) is 3.07. The summed E-state index contributed by atoms with van der Waals surface area (Å²) in [6, 6.07) is 10.2. The highest BCUT2D eigenvalue weighted by molar-refractivity contribution is 7.20. The zero-order valence-electron chi connectivity index (χ0n) is 13.5. The standard InChI is InChI=1S/C18H19N3O2S/c1-13-3-4-16-14(9-13)10-17(24-16)18(22)20-7-8-23-15(11-20)12-21-6-2-5-19-21/h2-6,9-10,15H,7-8,11-12H2,1H3. The van der Waals surface area contributed by atoms with Gasteiger partial charge in [-0.15, -0.1) is 11.3 Å². The van der Waals surface area contributed by atoms with Crippen molar-refractivity contribution in [2.24, 2.45) is 0 Å². The van der Waals surface area contributed by atoms with Crippen molar-refractivity contribution in [3.63, 3.8) is 0 Å². The molecule has 1 amide bonds. The van der Waals surface area contributed by atoms with Crippen molar-refractivity contribution < 1.29 is 9.53 Å². The number of nitrogens with zero attached hydrogens (tertiary/aromatic N) is 3. The van der Waals surface area contributed by atoms with Crippen LogP contribution in [0.4, 0.5) is 0 Å². The van der Waals surface area contributed by atoms with Gasteiger partial charge in [-0.3, -0.25) is 9.48 Å². The maximum atomic E-state index is 12.9. The van der Waals surface area contributed by atoms with Gasteiger partial charge in [0, 0.05) is 30.2 Å². The summed E-state index contributed by atoms with van der Waals surface area (Å²) >= 11 is 1.56. The zero-order chi connectivity index (χ0) is 16.5. The monoisotopic (exact) mass is 341 g/mol. The number of carbonyl (C=O) groups is 1. The number of hydrogen-bond acceptors (Lipinski definition) is 4. The number of benzene rings is 1. The number of thiophene rings is 1. The van der Waals surface area contributed by atoms with Crippen molar-refractivity contribution in [2.45, 2.75) is 19.6 Å². The number of ether oxygens (including phenoxy) is 1. The Hall–Kier alpha value is -2.18. The highest BCUT2D eigenvalue weighted by Crippen LogP contribution is 2.28. The Balaban J connectivity index is 1.50. The summed E-state index contributed by atoms with van der Waals surface area (Å²) in [6.07, 6.45) is 3.66. The average molecular weight is 341 g/mol. The largest absolute Gasteiger partial charge is 0.373 e. The fourth-order valence-electron chi connectivity index (χ4n) is 3.06. The molecule has 1 saturated heterocycles. The van der Waals surface area contributed by atoms with E-state index in [1.54, 1.807) is 17.5 Å². The van der Waals surface area contributed by atoms with Crippen LogP contribution in [0.2, 0.25) is 0 Å². The van der Waals surface area contributed by atoms with Crippen LogP contribution < -0.4 is 0 Å². The second kappa shape index (κ2) is 6.37. The predicted octanol–water partition coefficient (Wildman–Crippen LogP) is 2.95. The minimum atomic E-state index is -0.0146. The van der Waals surface area contributed by atoms with E-state index in [4.69, 9.17) is 4.74 Å². The van der Waals surface area contributed by atoms with Crippen LogP contribution in [0.15, 0.2) is 42.7 Å². The molecule has 0 aliphatic carbocycles. The molecule has 6 heteroatoms. The molecule has 0 saturated carbocycles. The number of carbonyl (C=O) groups excluding carboxylic acids is 1. The molecule has 3 heterocycles. The Morgan fingerprint density at radius 1 is 1.42 bits per heavy atom. The predicted molar refractivity (Wildman–Crippen MR) is 94.4 cm³/mol. The molecule has 24 heavy (non-hydrogen) atoms. The van der Waals surface area contributed by atoms with Crippen LogP contribution in [-0.4, -0.2) is 46.4 Å². The van der Waals surface area contributed by atoms with Crippen molar-refractivity contribution in [3.8, 4) is 0 Å². The van der Waals surface area contributed by atoms with Gasteiger partial charge >= 0.3 is 0 Å². The van der Waals surface area contributed by atoms with Gasteiger partial charge in [-0.25, -0.2) is 0 Å². The molecule has 0 N–H and O–H groups in total. The zero-order valence-corrected chi connectivity index (χ0v) is 14.3. The smallest absolute Gasteiger partial charge is 0.264 e. The second-order valence-electron chi connectivity index (χ2n) is 6.12. The number of rotatable bonds is 3. The van der Waals surface area contributed by atoms with E-state index < -0.39 is 0 Å². The number of morpholine rings is 1. The summed E-state index contributed by atoms with van der Waals surface area (Å²) in [7, 11) is 0. The molecule has 0 spiro atoms. The molecule has 4 rings (SSSR count). The normalized spacial score (nSPS) is 18.2. The van der Waals surface area contributed by atoms with Gasteiger partial charge in [0.1, 0.15) is 0 Å². The van der Waals surface area contributed by atoms with Crippen molar-refractivity contribution in [3.05, 3.63) is 53.2 Å². The van der Waals surface area contributed by atoms with Crippen LogP contribution >= 0.6 is 11.3 Å². The fourth-order valence-corrected chi connectivity index (χ4v) is 4.07. The van der Waals surface area contributed by atoms with E-state index in [2.05, 4.69) is 30.2 Å². The average Bonchev–Trinajstić information content (AvgIpc) is 3.23. The minimum absolute atomic E-state index is 0.0146. The molecule has 1 aliphatic rings. The molecular weight excluding hydrogens is 322 g/mol. The van der Waals surface area contributed by atoms with Crippen molar-refractivity contribution in [1.29, 1.82) is 0 Å². The first-order valence-corrected chi connectivity index (χ1v) is 8.89. The third-order valence-corrected chi connectivity index (χ3v) is 5.36. The number of aryl methyl sites for hydroxylation is 1. The molecule has 124 valence electrons. The van der Waals surface area contributed by atoms with Gasteiger partial charge in [-0.05, 0) is 30.5 Å². The molecule has 0 bridgehead atoms. The first-order chi connectivity index (χ1) is 11.7. The van der Waals surface area contributed by atoms with E-state index in [1.807, 2.05) is 27.9 Å². The first-order valence-electron chi connectivity index (χ1n) is 8.07. The van der Waals surface area contributed by atoms with E-state index in [-0.39, 0.29) is 12.0 Å². The Bertz CT molecular complexity index is 856. The van der Waals surface area contributed by atoms with Gasteiger partial charge in [0.15, 0.2) is 0 Å². The third-order valence-electron chi connectivity index (χ3n) is 4.26. The molecule has 5 nitrogen and oxygen atoms in total. The fraction of sp³-hybridized carbons (Fsp3) is 0.333. The van der Waals surface area contributed by atoms with Crippen LogP contribution in [0.25, 0.3) is 10.1 Å². The van der Waals surface area contributed by atoms with Crippen LogP contribution in [0.3, 0.4) is 0 Å². The summed E-state index contributed by atoms with van der Waals surface area (Å²) < 4.78 is 8.80. The van der Waals surface area contributed by atoms with Crippen molar-refractivity contribution in [1.82, 2.24) is 14.7 Å². The van der Waals surface area contributed by atoms with Gasteiger partial charge in [0.25, 0.3) is 5.91 Å². The molecule has 3 aromatic rings. The summed E-state index contributed by atoms with van der Waals surface area (Å²) in [4.78, 5) is 15.6. The quantitative estimate of drug-likeness (QED) is 0.736. The molecule has 1 aliphatic heterocycles. The maximum absolute atomic E-state index is 12.9. The Morgan fingerprint density at radius 2 is 2.33 bits per heavy atom. The number of aromatic nitrogens is 2. The topological polar surface area (TPSA) is 47.4 Å². The number of hydrogen-bond donors (Lipinski definition) is 0. The number of fused-ring (bicyclic) bond motifs is 1. The molecule has 1 unspecified atom stereocenters. The lowest BCUT2D eigenvalue weighted by molar-refractivity contribution is -0.0298. The van der Waals surface area contributed by atoms with Gasteiger partial charge < -0.3 is 9.64 Å². The Labute approximate surface area is 144 Å². The minimum Gasteiger partial charge on any atom is -0.373 e. The van der Waals surface area contributed by atoms with E-state index in [0.29, 0.717) is 26.2 Å². The second-order valence-corrected chi connectivity index (χ2v) is 7.21. The Kier molecular flexibility index (Phi) is 4.08. The van der Waals surface area contributed by atoms with E-state index >= 15 is 0 Å². The van der Waals surface area contributed by atoms with Crippen LogP contribution in [0, 0.1) is 6.92 Å². The van der Waals surface area contributed by atoms with Gasteiger partial charge in [-0.1, -0.05) is 17.7 Å². The lowest BCUT2D eigenvalue weighted by Crippen LogP contribution is -2.46. The molecule has 0 radical (unpaired) electrons. The van der Waals surface area contributed by atoms with Crippen LogP contribution in [0.5, 0.6) is 0 Å². The first kappa shape index (κ1) is 15.4. The van der Waals surface area contributed by atoms with Crippen LogP contribution in [-0.2, 0) is 11.3 Å². The number of amides is 1. The summed E-state index contributed by atoms with van der Waals surface area (Å²) in [5.74, 6) is 0.0996. The maximum Gasteiger partial charge on any atom is 0.264 e. The van der Waals surface area contributed by atoms with E-state index in [0.717, 1.165) is 15.0 Å². The molecule has 1 fully saturated rings. The Morgan fingerprint density at radius 3 is 3.17 bits per heavy atom. The van der Waals surface area contributed by atoms with Gasteiger partial charge in [-0.2, -0.15) is 5.10 Å². The van der Waals surface area contributed by atoms with Crippen molar-refractivity contribution in [2.75, 3.05) is 19.7 Å². The molecule has 1 aromatic carbocycles. The summed E-state index contributed by atoms with van der Waals surface area (Å²) in [5.41, 5.74) is 1.21. The lowest BCUT2D eigenvalue weighted by Gasteiger charge is -2.32. The highest BCUT2D eigenvalue weighted by Gasteiger charge is 2.26. The van der Waals surface area contributed by atoms with E-state index in [9.17, 15) is 4.79 Å². The molecule has 1 atom stereocenters. The summed E-state index contributed by atoms with van der Waals surface area (Å²) in [5, 5.41) is 5.35. The van der Waals surface area contributed by atoms with Crippen molar-refractivity contribution >= 4 is 27.3 Å². The SMILES string of the molecule is Cc1ccc2sc(C(=O)N3CCOC(Cn4cccn4)C3)cc2c1. The summed E-state index contributed by atoms with van der Waals surface area (Å²) in [6.45, 7) is 4.55. The van der Waals surface area contributed by atoms with Gasteiger partial charge in [0.05, 0.1) is 24.1 Å². The van der Waals surface area contributed by atoms with Crippen LogP contribution in [0.1, 0.15) is 15.2 Å². The lowest BCUT2D eigenvalue weighted by atomic mass is 10.2. The highest BCUT2D eigenvalue weighted by atomic mass is 32.1. The van der Waals surface area contributed by atoms with E-state index in [1.165, 1.54) is 5.56 Å². The molecular formula is C18H19N3O2S. The van der Waals surface area contributed by atoms with Gasteiger partial charge in [0.2, 0.25) is 0 Å². The molecule has 2 aromatic heterocycles.